The lowest BCUT2D eigenvalue weighted by atomic mass is 9.79. The van der Waals surface area contributed by atoms with E-state index in [1.54, 1.807) is 0 Å². The second-order valence-electron chi connectivity index (χ2n) is 7.68. The zero-order valence-corrected chi connectivity index (χ0v) is 17.0. The third-order valence-corrected chi connectivity index (χ3v) is 5.62. The van der Waals surface area contributed by atoms with Crippen LogP contribution in [0.4, 0.5) is 4.79 Å². The lowest BCUT2D eigenvalue weighted by molar-refractivity contribution is -0.499. The first kappa shape index (κ1) is 25.1. The molecule has 0 aromatic rings. The Kier molecular flexibility index (Phi) is 5.52. The van der Waals surface area contributed by atoms with Crippen LogP contribution in [0.3, 0.4) is 0 Å². The first-order valence-electron chi connectivity index (χ1n) is 9.17. The third kappa shape index (κ3) is 3.23. The van der Waals surface area contributed by atoms with Crippen molar-refractivity contribution in [2.75, 3.05) is 7.05 Å². The molecule has 0 aliphatic carbocycles. The van der Waals surface area contributed by atoms with Crippen LogP contribution in [0.5, 0.6) is 0 Å². The van der Waals surface area contributed by atoms with Gasteiger partial charge in [0, 0.05) is 13.2 Å². The number of likely N-dealkylation sites (N-methyl/N-ethyl adjacent to an activating group) is 1. The maximum absolute atomic E-state index is 12.5. The topological polar surface area (TPSA) is 300 Å². The van der Waals surface area contributed by atoms with Gasteiger partial charge in [-0.05, 0) is 0 Å². The minimum absolute atomic E-state index is 0.164. The SMILES string of the molecule is CN(C1=C2C(O)=CNC2NC(=O)N1)C1C(C=O)C(O)(O)C(O)(O)N(C(=O)C(O)(O)C#N)C1(O)O. The zero-order valence-electron chi connectivity index (χ0n) is 17.0. The number of carbonyl (C=O) groups is 3. The van der Waals surface area contributed by atoms with Crippen LogP contribution >= 0.6 is 0 Å². The molecule has 12 N–H and O–H groups in total. The molecule has 3 aliphatic heterocycles. The fourth-order valence-electron chi connectivity index (χ4n) is 3.98. The molecular weight excluding hydrogens is 468 g/mol. The molecule has 34 heavy (non-hydrogen) atoms. The summed E-state index contributed by atoms with van der Waals surface area (Å²) in [5, 5.41) is 108. The number of hydrogen-bond donors (Lipinski definition) is 12. The number of hydrogen-bond acceptors (Lipinski definition) is 15. The largest absolute Gasteiger partial charge is 0.506 e. The number of aldehydes is 1. The van der Waals surface area contributed by atoms with Crippen molar-refractivity contribution in [3.05, 3.63) is 23.4 Å². The highest BCUT2D eigenvalue weighted by atomic mass is 16.7. The Bertz CT molecular complexity index is 1040. The molecule has 18 heteroatoms. The third-order valence-electron chi connectivity index (χ3n) is 5.62. The van der Waals surface area contributed by atoms with Crippen LogP contribution in [0.2, 0.25) is 0 Å². The van der Waals surface area contributed by atoms with E-state index in [0.717, 1.165) is 13.2 Å². The maximum Gasteiger partial charge on any atom is 0.336 e. The lowest BCUT2D eigenvalue weighted by Crippen LogP contribution is -2.86. The molecule has 3 unspecified atom stereocenters. The number of amides is 3. The van der Waals surface area contributed by atoms with Gasteiger partial charge in [-0.25, -0.2) is 9.69 Å². The highest BCUT2D eigenvalue weighted by Crippen LogP contribution is 2.45. The van der Waals surface area contributed by atoms with Crippen molar-refractivity contribution in [2.45, 2.75) is 35.6 Å². The van der Waals surface area contributed by atoms with Gasteiger partial charge in [-0.3, -0.25) is 10.1 Å². The van der Waals surface area contributed by atoms with E-state index in [0.29, 0.717) is 11.0 Å². The number of carbonyl (C=O) groups excluding carboxylic acids is 3. The maximum atomic E-state index is 12.5. The van der Waals surface area contributed by atoms with Crippen LogP contribution in [-0.4, -0.2) is 117 Å². The highest BCUT2D eigenvalue weighted by Gasteiger charge is 2.75. The van der Waals surface area contributed by atoms with E-state index in [-0.39, 0.29) is 11.9 Å². The first-order valence-corrected chi connectivity index (χ1v) is 9.17. The van der Waals surface area contributed by atoms with Gasteiger partial charge in [0.25, 0.3) is 11.7 Å². The van der Waals surface area contributed by atoms with Crippen molar-refractivity contribution in [1.82, 2.24) is 25.8 Å². The van der Waals surface area contributed by atoms with Crippen molar-refractivity contribution >= 4 is 18.2 Å². The standard InChI is InChI=1S/C16H20N6O12/c1-21(10-7-6(24)2-18-9(7)19-12(26)20-10)8-5(3-23)14(29,30)16(33,34)22(15(8,31)32)11(25)13(27,28)4-17/h2-3,5,8-9,18,24,27-34H,1H3,(H2,19,20,26). The second-order valence-corrected chi connectivity index (χ2v) is 7.68. The summed E-state index contributed by atoms with van der Waals surface area (Å²) in [4.78, 5) is 35.8. The molecule has 0 aromatic heterocycles. The Morgan fingerprint density at radius 1 is 1.26 bits per heavy atom. The van der Waals surface area contributed by atoms with Gasteiger partial charge in [0.05, 0.1) is 5.57 Å². The summed E-state index contributed by atoms with van der Waals surface area (Å²) in [5.41, 5.74) is -0.164. The summed E-state index contributed by atoms with van der Waals surface area (Å²) in [5.74, 6) is -23.0. The van der Waals surface area contributed by atoms with Crippen molar-refractivity contribution in [3.8, 4) is 6.07 Å². The zero-order chi connectivity index (χ0) is 26.0. The second kappa shape index (κ2) is 7.49. The molecule has 0 spiro atoms. The Morgan fingerprint density at radius 3 is 2.38 bits per heavy atom. The number of nitrogens with zero attached hydrogens (tertiary/aromatic N) is 3. The number of nitrogens with one attached hydrogen (secondary N) is 3. The van der Waals surface area contributed by atoms with Crippen LogP contribution < -0.4 is 16.0 Å². The molecule has 3 rings (SSSR count). The quantitative estimate of drug-likeness (QED) is 0.0993. The average molecular weight is 488 g/mol. The lowest BCUT2D eigenvalue weighted by Gasteiger charge is -2.59. The van der Waals surface area contributed by atoms with Crippen LogP contribution in [0, 0.1) is 17.2 Å². The summed E-state index contributed by atoms with van der Waals surface area (Å²) < 4.78 is 0. The molecule has 186 valence electrons. The number of aliphatic hydroxyl groups is 9. The molecule has 18 nitrogen and oxygen atoms in total. The molecule has 1 fully saturated rings. The molecule has 0 radical (unpaired) electrons. The first-order chi connectivity index (χ1) is 15.5. The molecule has 0 saturated carbocycles. The highest BCUT2D eigenvalue weighted by molar-refractivity contribution is 5.87. The normalized spacial score (nSPS) is 29.1. The molecule has 0 aromatic carbocycles. The van der Waals surface area contributed by atoms with E-state index in [2.05, 4.69) is 16.0 Å². The van der Waals surface area contributed by atoms with Gasteiger partial charge in [-0.1, -0.05) is 0 Å². The molecule has 3 aliphatic rings. The fraction of sp³-hybridized carbons (Fsp3) is 0.500. The van der Waals surface area contributed by atoms with Gasteiger partial charge in [0.15, 0.2) is 0 Å². The van der Waals surface area contributed by atoms with Crippen molar-refractivity contribution < 1.29 is 60.3 Å². The number of urea groups is 1. The van der Waals surface area contributed by atoms with Gasteiger partial charge in [0.2, 0.25) is 0 Å². The molecule has 3 heterocycles. The van der Waals surface area contributed by atoms with E-state index in [1.165, 1.54) is 0 Å². The summed E-state index contributed by atoms with van der Waals surface area (Å²) in [6, 6.07) is -2.83. The Balaban J connectivity index is 2.25. The summed E-state index contributed by atoms with van der Waals surface area (Å²) in [6.07, 6.45) is -0.402. The predicted octanol–water partition coefficient (Wildman–Crippen LogP) is -7.04. The molecule has 3 atom stereocenters. The predicted molar refractivity (Wildman–Crippen MR) is 98.6 cm³/mol. The number of aliphatic hydroxyl groups excluding tert-OH is 1. The average Bonchev–Trinajstić information content (AvgIpc) is 3.09. The van der Waals surface area contributed by atoms with Gasteiger partial charge < -0.3 is 66.3 Å². The Labute approximate surface area is 188 Å². The summed E-state index contributed by atoms with van der Waals surface area (Å²) >= 11 is 0. The monoisotopic (exact) mass is 488 g/mol. The Morgan fingerprint density at radius 2 is 1.85 bits per heavy atom. The Hall–Kier alpha value is -3.54. The minimum Gasteiger partial charge on any atom is -0.506 e. The molecule has 1 saturated heterocycles. The van der Waals surface area contributed by atoms with Crippen LogP contribution in [-0.2, 0) is 9.59 Å². The fourth-order valence-corrected chi connectivity index (χ4v) is 3.98. The van der Waals surface area contributed by atoms with E-state index in [9.17, 15) is 60.3 Å². The number of nitriles is 1. The van der Waals surface area contributed by atoms with Gasteiger partial charge >= 0.3 is 23.6 Å². The summed E-state index contributed by atoms with van der Waals surface area (Å²) in [6.45, 7) is 0. The number of likely N-dealkylation sites (tertiary alicyclic amines) is 1. The number of rotatable bonds is 4. The van der Waals surface area contributed by atoms with E-state index in [4.69, 9.17) is 5.26 Å². The van der Waals surface area contributed by atoms with Crippen LogP contribution in [0.1, 0.15) is 0 Å². The van der Waals surface area contributed by atoms with Gasteiger partial charge in [-0.2, -0.15) is 5.26 Å². The molecular formula is C16H20N6O12. The van der Waals surface area contributed by atoms with E-state index in [1.807, 2.05) is 0 Å². The number of fused-ring (bicyclic) bond motifs is 1. The van der Waals surface area contributed by atoms with Crippen LogP contribution in [0.25, 0.3) is 0 Å². The van der Waals surface area contributed by atoms with Gasteiger partial charge in [0.1, 0.15) is 42.1 Å². The van der Waals surface area contributed by atoms with Crippen molar-refractivity contribution in [2.24, 2.45) is 5.92 Å². The molecule has 3 amide bonds. The minimum atomic E-state index is -4.50. The van der Waals surface area contributed by atoms with Gasteiger partial charge in [-0.15, -0.1) is 0 Å². The summed E-state index contributed by atoms with van der Waals surface area (Å²) in [7, 11) is 0.912. The number of piperidine rings is 1. The van der Waals surface area contributed by atoms with Crippen LogP contribution in [0.15, 0.2) is 23.4 Å². The van der Waals surface area contributed by atoms with E-state index < -0.39 is 69.9 Å². The smallest absolute Gasteiger partial charge is 0.336 e. The van der Waals surface area contributed by atoms with Crippen molar-refractivity contribution in [1.29, 1.82) is 5.26 Å². The molecule has 0 bridgehead atoms. The van der Waals surface area contributed by atoms with Crippen molar-refractivity contribution in [3.63, 3.8) is 0 Å². The van der Waals surface area contributed by atoms with E-state index >= 15 is 0 Å².